The minimum atomic E-state index is 0.669. The number of likely N-dealkylation sites (N-methyl/N-ethyl adjacent to an activating group) is 1. The highest BCUT2D eigenvalue weighted by molar-refractivity contribution is 5.56. The minimum Gasteiger partial charge on any atom is -0.367 e. The average molecular weight is 287 g/mol. The monoisotopic (exact) mass is 287 g/mol. The van der Waals surface area contributed by atoms with E-state index < -0.39 is 0 Å². The lowest BCUT2D eigenvalue weighted by molar-refractivity contribution is 0.372. The summed E-state index contributed by atoms with van der Waals surface area (Å²) in [6, 6.07) is 8.42. The molecule has 0 aromatic heterocycles. The van der Waals surface area contributed by atoms with Crippen LogP contribution in [-0.2, 0) is 6.54 Å². The van der Waals surface area contributed by atoms with E-state index in [1.807, 2.05) is 0 Å². The van der Waals surface area contributed by atoms with Crippen LogP contribution in [0.5, 0.6) is 0 Å². The van der Waals surface area contributed by atoms with Crippen LogP contribution < -0.4 is 10.2 Å². The van der Waals surface area contributed by atoms with Crippen molar-refractivity contribution in [2.45, 2.75) is 51.2 Å². The number of hydrogen-bond acceptors (Lipinski definition) is 3. The highest BCUT2D eigenvalue weighted by Crippen LogP contribution is 2.30. The molecule has 1 N–H and O–H groups in total. The van der Waals surface area contributed by atoms with Crippen molar-refractivity contribution in [3.05, 3.63) is 29.3 Å². The zero-order valence-corrected chi connectivity index (χ0v) is 13.7. The molecule has 1 aliphatic carbocycles. The van der Waals surface area contributed by atoms with Crippen LogP contribution >= 0.6 is 0 Å². The zero-order chi connectivity index (χ0) is 14.8. The summed E-state index contributed by atoms with van der Waals surface area (Å²) in [5.74, 6) is 0. The summed E-state index contributed by atoms with van der Waals surface area (Å²) in [5, 5.41) is 3.68. The number of rotatable bonds is 6. The van der Waals surface area contributed by atoms with Crippen LogP contribution in [0, 0.1) is 6.92 Å². The Bertz CT molecular complexity index is 479. The summed E-state index contributed by atoms with van der Waals surface area (Å²) in [7, 11) is 4.36. The lowest BCUT2D eigenvalue weighted by Gasteiger charge is -2.31. The van der Waals surface area contributed by atoms with Gasteiger partial charge in [-0.05, 0) is 58.3 Å². The maximum atomic E-state index is 3.68. The number of aryl methyl sites for hydroxylation is 1. The van der Waals surface area contributed by atoms with E-state index >= 15 is 0 Å². The predicted molar refractivity (Wildman–Crippen MR) is 90.0 cm³/mol. The first kappa shape index (κ1) is 14.9. The zero-order valence-electron chi connectivity index (χ0n) is 13.7. The highest BCUT2D eigenvalue weighted by Gasteiger charge is 2.27. The van der Waals surface area contributed by atoms with Gasteiger partial charge in [0, 0.05) is 37.4 Å². The van der Waals surface area contributed by atoms with Gasteiger partial charge >= 0.3 is 0 Å². The molecule has 1 saturated carbocycles. The van der Waals surface area contributed by atoms with E-state index in [-0.39, 0.29) is 0 Å². The number of benzene rings is 1. The van der Waals surface area contributed by atoms with Gasteiger partial charge in [-0.3, -0.25) is 0 Å². The molecule has 3 rings (SSSR count). The normalized spacial score (nSPS) is 22.3. The minimum absolute atomic E-state index is 0.669. The van der Waals surface area contributed by atoms with Gasteiger partial charge in [-0.25, -0.2) is 0 Å². The molecule has 0 bridgehead atoms. The third-order valence-electron chi connectivity index (χ3n) is 4.66. The summed E-state index contributed by atoms with van der Waals surface area (Å²) in [6.45, 7) is 5.58. The van der Waals surface area contributed by atoms with Crippen LogP contribution in [-0.4, -0.2) is 44.2 Å². The van der Waals surface area contributed by atoms with Crippen molar-refractivity contribution in [1.82, 2.24) is 10.2 Å². The summed E-state index contributed by atoms with van der Waals surface area (Å²) in [5.41, 5.74) is 4.31. The van der Waals surface area contributed by atoms with Crippen molar-refractivity contribution >= 4 is 5.69 Å². The average Bonchev–Trinajstić information content (AvgIpc) is 3.16. The molecular formula is C18H29N3. The highest BCUT2D eigenvalue weighted by atomic mass is 15.2. The standard InChI is InChI=1S/C18H29N3/c1-14-6-9-18(15(11-14)12-19-16-7-8-16)21-10-4-5-17(21)13-20(2)3/h6,9,11,16-17,19H,4-5,7-8,10,12-13H2,1-3H3. The van der Waals surface area contributed by atoms with Crippen LogP contribution in [0.15, 0.2) is 18.2 Å². The van der Waals surface area contributed by atoms with E-state index in [2.05, 4.69) is 54.3 Å². The van der Waals surface area contributed by atoms with E-state index in [1.54, 1.807) is 0 Å². The molecule has 0 spiro atoms. The molecule has 1 aromatic rings. The van der Waals surface area contributed by atoms with Gasteiger partial charge in [0.1, 0.15) is 0 Å². The quantitative estimate of drug-likeness (QED) is 0.868. The fourth-order valence-electron chi connectivity index (χ4n) is 3.44. The maximum Gasteiger partial charge on any atom is 0.0417 e. The summed E-state index contributed by atoms with van der Waals surface area (Å²) < 4.78 is 0. The molecule has 0 amide bonds. The van der Waals surface area contributed by atoms with E-state index in [0.717, 1.165) is 19.1 Å². The van der Waals surface area contributed by atoms with Gasteiger partial charge in [0.05, 0.1) is 0 Å². The molecule has 1 saturated heterocycles. The Balaban J connectivity index is 1.78. The smallest absolute Gasteiger partial charge is 0.0417 e. The third kappa shape index (κ3) is 3.78. The van der Waals surface area contributed by atoms with Crippen molar-refractivity contribution in [1.29, 1.82) is 0 Å². The first-order chi connectivity index (χ1) is 10.1. The second-order valence-electron chi connectivity index (χ2n) is 7.04. The molecule has 3 heteroatoms. The molecule has 1 aromatic carbocycles. The van der Waals surface area contributed by atoms with Gasteiger partial charge in [-0.2, -0.15) is 0 Å². The van der Waals surface area contributed by atoms with Gasteiger partial charge in [0.25, 0.3) is 0 Å². The fourth-order valence-corrected chi connectivity index (χ4v) is 3.44. The van der Waals surface area contributed by atoms with Crippen LogP contribution in [0.1, 0.15) is 36.8 Å². The molecule has 1 aliphatic heterocycles. The number of nitrogens with one attached hydrogen (secondary N) is 1. The Hall–Kier alpha value is -1.06. The second kappa shape index (κ2) is 6.37. The molecule has 1 unspecified atom stereocenters. The van der Waals surface area contributed by atoms with Crippen molar-refractivity contribution in [2.75, 3.05) is 32.1 Å². The second-order valence-corrected chi connectivity index (χ2v) is 7.04. The lowest BCUT2D eigenvalue weighted by Crippen LogP contribution is -2.38. The van der Waals surface area contributed by atoms with E-state index in [0.29, 0.717) is 6.04 Å². The van der Waals surface area contributed by atoms with Crippen molar-refractivity contribution in [3.8, 4) is 0 Å². The van der Waals surface area contributed by atoms with Crippen molar-refractivity contribution < 1.29 is 0 Å². The first-order valence-electron chi connectivity index (χ1n) is 8.38. The number of hydrogen-bond donors (Lipinski definition) is 1. The molecule has 2 fully saturated rings. The maximum absolute atomic E-state index is 3.68. The summed E-state index contributed by atoms with van der Waals surface area (Å²) in [6.07, 6.45) is 5.35. The Morgan fingerprint density at radius 2 is 2.05 bits per heavy atom. The van der Waals surface area contributed by atoms with Gasteiger partial charge in [-0.15, -0.1) is 0 Å². The molecule has 3 nitrogen and oxygen atoms in total. The van der Waals surface area contributed by atoms with Crippen LogP contribution in [0.25, 0.3) is 0 Å². The van der Waals surface area contributed by atoms with Crippen molar-refractivity contribution in [3.63, 3.8) is 0 Å². The van der Waals surface area contributed by atoms with E-state index in [4.69, 9.17) is 0 Å². The van der Waals surface area contributed by atoms with Crippen LogP contribution in [0.3, 0.4) is 0 Å². The topological polar surface area (TPSA) is 18.5 Å². The fraction of sp³-hybridized carbons (Fsp3) is 0.667. The molecule has 0 radical (unpaired) electrons. The molecule has 2 aliphatic rings. The Morgan fingerprint density at radius 3 is 2.76 bits per heavy atom. The van der Waals surface area contributed by atoms with Crippen LogP contribution in [0.2, 0.25) is 0 Å². The predicted octanol–water partition coefficient (Wildman–Crippen LogP) is 2.78. The number of nitrogens with zero attached hydrogens (tertiary/aromatic N) is 2. The van der Waals surface area contributed by atoms with Gasteiger partial charge in [0.2, 0.25) is 0 Å². The molecule has 1 heterocycles. The van der Waals surface area contributed by atoms with Crippen molar-refractivity contribution in [2.24, 2.45) is 0 Å². The van der Waals surface area contributed by atoms with Gasteiger partial charge in [-0.1, -0.05) is 17.7 Å². The third-order valence-corrected chi connectivity index (χ3v) is 4.66. The molecular weight excluding hydrogens is 258 g/mol. The Kier molecular flexibility index (Phi) is 4.51. The molecule has 21 heavy (non-hydrogen) atoms. The largest absolute Gasteiger partial charge is 0.367 e. The lowest BCUT2D eigenvalue weighted by atomic mass is 10.1. The van der Waals surface area contributed by atoms with Gasteiger partial charge < -0.3 is 15.1 Å². The number of anilines is 1. The summed E-state index contributed by atoms with van der Waals surface area (Å²) in [4.78, 5) is 4.96. The molecule has 116 valence electrons. The van der Waals surface area contributed by atoms with Gasteiger partial charge in [0.15, 0.2) is 0 Å². The van der Waals surface area contributed by atoms with Crippen LogP contribution in [0.4, 0.5) is 5.69 Å². The SMILES string of the molecule is Cc1ccc(N2CCCC2CN(C)C)c(CNC2CC2)c1. The first-order valence-corrected chi connectivity index (χ1v) is 8.38. The Labute approximate surface area is 129 Å². The Morgan fingerprint density at radius 1 is 1.24 bits per heavy atom. The molecule has 1 atom stereocenters. The van der Waals surface area contributed by atoms with E-state index in [9.17, 15) is 0 Å². The summed E-state index contributed by atoms with van der Waals surface area (Å²) >= 11 is 0. The van der Waals surface area contributed by atoms with E-state index in [1.165, 1.54) is 49.0 Å².